The molecule has 0 spiro atoms. The molecule has 0 unspecified atom stereocenters. The van der Waals surface area contributed by atoms with Gasteiger partial charge in [0.25, 0.3) is 0 Å². The van der Waals surface area contributed by atoms with E-state index in [0.29, 0.717) is 44.0 Å². The van der Waals surface area contributed by atoms with Crippen molar-refractivity contribution in [2.45, 2.75) is 6.92 Å². The van der Waals surface area contributed by atoms with Crippen LogP contribution in [0.4, 0.5) is 17.1 Å². The monoisotopic (exact) mass is 571 g/mol. The highest BCUT2D eigenvalue weighted by Gasteiger charge is 2.35. The van der Waals surface area contributed by atoms with Crippen molar-refractivity contribution in [3.05, 3.63) is 131 Å². The molecule has 2 heterocycles. The van der Waals surface area contributed by atoms with Crippen LogP contribution in [0.1, 0.15) is 12.5 Å². The first-order chi connectivity index (χ1) is 20.6. The van der Waals surface area contributed by atoms with Gasteiger partial charge in [0.2, 0.25) is 5.17 Å². The molecule has 8 nitrogen and oxygen atoms in total. The van der Waals surface area contributed by atoms with Crippen LogP contribution in [-0.4, -0.2) is 28.9 Å². The van der Waals surface area contributed by atoms with E-state index >= 15 is 0 Å². The average molecular weight is 572 g/mol. The molecule has 0 atom stereocenters. The first-order valence-electron chi connectivity index (χ1n) is 13.1. The van der Waals surface area contributed by atoms with Gasteiger partial charge in [-0.1, -0.05) is 60.7 Å². The van der Waals surface area contributed by atoms with Crippen LogP contribution < -0.4 is 15.3 Å². The topological polar surface area (TPSA) is 92.1 Å². The maximum atomic E-state index is 12.9. The maximum absolute atomic E-state index is 12.9. The number of rotatable bonds is 6. The van der Waals surface area contributed by atoms with E-state index in [1.54, 1.807) is 32.2 Å². The van der Waals surface area contributed by atoms with Crippen LogP contribution in [0.2, 0.25) is 0 Å². The van der Waals surface area contributed by atoms with Crippen LogP contribution in [0.15, 0.2) is 145 Å². The fourth-order valence-electron chi connectivity index (χ4n) is 4.37. The maximum Gasteiger partial charge on any atom is 0.345 e. The smallest absolute Gasteiger partial charge is 0.345 e. The van der Waals surface area contributed by atoms with Crippen LogP contribution in [0, 0.1) is 0 Å². The summed E-state index contributed by atoms with van der Waals surface area (Å²) in [6.07, 6.45) is 0. The summed E-state index contributed by atoms with van der Waals surface area (Å²) in [7, 11) is 1.57. The van der Waals surface area contributed by atoms with Crippen LogP contribution in [0.5, 0.6) is 5.75 Å². The van der Waals surface area contributed by atoms with Crippen LogP contribution in [-0.2, 0) is 0 Å². The van der Waals surface area contributed by atoms with Gasteiger partial charge in [0.15, 0.2) is 5.84 Å². The number of nitrogens with zero attached hydrogens (tertiary/aromatic N) is 5. The molecule has 1 aliphatic heterocycles. The van der Waals surface area contributed by atoms with Crippen molar-refractivity contribution < 1.29 is 9.15 Å². The van der Waals surface area contributed by atoms with E-state index in [9.17, 15) is 4.79 Å². The van der Waals surface area contributed by atoms with Crippen LogP contribution >= 0.6 is 11.8 Å². The normalized spacial score (nSPS) is 16.6. The van der Waals surface area contributed by atoms with Gasteiger partial charge in [-0.05, 0) is 73.3 Å². The molecule has 1 aromatic heterocycles. The summed E-state index contributed by atoms with van der Waals surface area (Å²) in [5, 5.41) is 11.0. The van der Waals surface area contributed by atoms with Gasteiger partial charge in [-0.25, -0.2) is 14.8 Å². The van der Waals surface area contributed by atoms with Crippen LogP contribution in [0.25, 0.3) is 11.0 Å². The Labute approximate surface area is 246 Å². The number of methoxy groups -OCH3 is 1. The summed E-state index contributed by atoms with van der Waals surface area (Å²) >= 11 is 1.35. The fraction of sp³-hybridized carbons (Fsp3) is 0.0606. The zero-order valence-electron chi connectivity index (χ0n) is 22.8. The molecule has 0 bridgehead atoms. The highest BCUT2D eigenvalue weighted by molar-refractivity contribution is 8.29. The highest BCUT2D eigenvalue weighted by Crippen LogP contribution is 2.33. The van der Waals surface area contributed by atoms with E-state index in [0.717, 1.165) is 17.1 Å². The number of ether oxygens (including phenoxy) is 1. The summed E-state index contributed by atoms with van der Waals surface area (Å²) in [4.78, 5) is 24.7. The van der Waals surface area contributed by atoms with Gasteiger partial charge in [-0.15, -0.1) is 5.10 Å². The van der Waals surface area contributed by atoms with Gasteiger partial charge in [-0.3, -0.25) is 4.90 Å². The minimum absolute atomic E-state index is 0.293. The first kappa shape index (κ1) is 26.9. The van der Waals surface area contributed by atoms with Crippen molar-refractivity contribution in [1.82, 2.24) is 0 Å². The molecule has 6 rings (SSSR count). The molecule has 1 fully saturated rings. The lowest BCUT2D eigenvalue weighted by atomic mass is 10.1. The van der Waals surface area contributed by atoms with E-state index in [4.69, 9.17) is 19.1 Å². The molecule has 0 radical (unpaired) electrons. The first-order valence-corrected chi connectivity index (χ1v) is 14.0. The third-order valence-corrected chi connectivity index (χ3v) is 7.32. The molecule has 5 aromatic rings. The van der Waals surface area contributed by atoms with Crippen molar-refractivity contribution in [1.29, 1.82) is 0 Å². The minimum Gasteiger partial charge on any atom is -0.496 e. The third-order valence-electron chi connectivity index (χ3n) is 6.41. The second kappa shape index (κ2) is 12.1. The number of amidine groups is 2. The molecule has 42 heavy (non-hydrogen) atoms. The average Bonchev–Trinajstić information content (AvgIpc) is 3.36. The zero-order valence-corrected chi connectivity index (χ0v) is 23.7. The molecule has 1 aliphatic rings. The Bertz CT molecular complexity index is 1920. The number of para-hydroxylation sites is 3. The van der Waals surface area contributed by atoms with Gasteiger partial charge >= 0.3 is 5.63 Å². The number of anilines is 1. The van der Waals surface area contributed by atoms with E-state index in [-0.39, 0.29) is 0 Å². The lowest BCUT2D eigenvalue weighted by Gasteiger charge is -2.17. The molecule has 1 saturated heterocycles. The summed E-state index contributed by atoms with van der Waals surface area (Å²) in [6, 6.07) is 36.2. The molecule has 0 N–H and O–H groups in total. The Hall–Kier alpha value is -5.28. The Morgan fingerprint density at radius 3 is 2.12 bits per heavy atom. The molecule has 4 aromatic carbocycles. The number of aliphatic imine (C=N–C) groups is 2. The van der Waals surface area contributed by atoms with Gasteiger partial charge < -0.3 is 9.15 Å². The van der Waals surface area contributed by atoms with Gasteiger partial charge in [-0.2, -0.15) is 5.10 Å². The lowest BCUT2D eigenvalue weighted by Crippen LogP contribution is -2.30. The van der Waals surface area contributed by atoms with Crippen molar-refractivity contribution in [2.75, 3.05) is 12.0 Å². The van der Waals surface area contributed by atoms with Crippen molar-refractivity contribution in [3.8, 4) is 5.75 Å². The molecule has 9 heteroatoms. The van der Waals surface area contributed by atoms with Crippen molar-refractivity contribution in [3.63, 3.8) is 0 Å². The molecule has 0 amide bonds. The Balaban J connectivity index is 1.49. The van der Waals surface area contributed by atoms with E-state index in [2.05, 4.69) is 10.2 Å². The molecule has 0 saturated carbocycles. The number of hydrogen-bond acceptors (Lipinski definition) is 8. The van der Waals surface area contributed by atoms with Crippen LogP contribution in [0.3, 0.4) is 0 Å². The second-order valence-corrected chi connectivity index (χ2v) is 10.1. The van der Waals surface area contributed by atoms with Gasteiger partial charge in [0, 0.05) is 5.69 Å². The SMILES string of the molecule is COc1cccc2oc(=O)c(C(C)=NN=C3SC(=Nc4ccccc4)C(=Nc4ccccc4)N3c3ccccc3)cc12. The van der Waals surface area contributed by atoms with Crippen molar-refractivity contribution >= 4 is 61.6 Å². The predicted molar refractivity (Wildman–Crippen MR) is 172 cm³/mol. The molecule has 206 valence electrons. The summed E-state index contributed by atoms with van der Waals surface area (Å²) < 4.78 is 11.0. The van der Waals surface area contributed by atoms with Gasteiger partial charge in [0.1, 0.15) is 16.4 Å². The predicted octanol–water partition coefficient (Wildman–Crippen LogP) is 7.60. The highest BCUT2D eigenvalue weighted by atomic mass is 32.2. The molecule has 0 aliphatic carbocycles. The van der Waals surface area contributed by atoms with E-state index in [1.165, 1.54) is 11.8 Å². The number of fused-ring (bicyclic) bond motifs is 1. The standard InChI is InChI=1S/C33H25N5O3S/c1-22(26-21-27-28(40-2)19-12-20-29(27)41-32(26)39)36-37-33-38(25-17-10-5-11-18-25)30(34-23-13-6-3-7-14-23)31(42-33)35-24-15-8-4-9-16-24/h3-21H,1-2H3. The summed E-state index contributed by atoms with van der Waals surface area (Å²) in [5.41, 5.74) is 3.03. The van der Waals surface area contributed by atoms with E-state index in [1.807, 2.05) is 102 Å². The third kappa shape index (κ3) is 5.63. The lowest BCUT2D eigenvalue weighted by molar-refractivity contribution is 0.418. The summed E-state index contributed by atoms with van der Waals surface area (Å²) in [5.74, 6) is 1.21. The zero-order chi connectivity index (χ0) is 28.9. The number of hydrogen-bond donors (Lipinski definition) is 0. The largest absolute Gasteiger partial charge is 0.496 e. The Morgan fingerprint density at radius 2 is 1.45 bits per heavy atom. The summed E-state index contributed by atoms with van der Waals surface area (Å²) in [6.45, 7) is 1.72. The minimum atomic E-state index is -0.506. The van der Waals surface area contributed by atoms with Crippen molar-refractivity contribution in [2.24, 2.45) is 20.2 Å². The van der Waals surface area contributed by atoms with E-state index < -0.39 is 5.63 Å². The Morgan fingerprint density at radius 1 is 0.810 bits per heavy atom. The fourth-order valence-corrected chi connectivity index (χ4v) is 5.29. The quantitative estimate of drug-likeness (QED) is 0.119. The molecular formula is C33H25N5O3S. The number of thioether (sulfide) groups is 1. The second-order valence-electron chi connectivity index (χ2n) is 9.18. The Kier molecular flexibility index (Phi) is 7.74. The molecular weight excluding hydrogens is 546 g/mol. The van der Waals surface area contributed by atoms with Gasteiger partial charge in [0.05, 0.1) is 35.1 Å². The number of benzene rings is 4.